The van der Waals surface area contributed by atoms with Gasteiger partial charge in [0.25, 0.3) is 0 Å². The normalized spacial score (nSPS) is 22.4. The molecule has 0 aliphatic carbocycles. The van der Waals surface area contributed by atoms with Gasteiger partial charge in [-0.15, -0.1) is 0 Å². The van der Waals surface area contributed by atoms with Crippen molar-refractivity contribution in [2.24, 2.45) is 0 Å². The van der Waals surface area contributed by atoms with E-state index < -0.39 is 0 Å². The van der Waals surface area contributed by atoms with Gasteiger partial charge in [-0.3, -0.25) is 5.10 Å². The van der Waals surface area contributed by atoms with E-state index in [0.29, 0.717) is 23.1 Å². The Balaban J connectivity index is 1.28. The molecule has 8 heteroatoms. The first-order chi connectivity index (χ1) is 15.6. The third-order valence-corrected chi connectivity index (χ3v) is 6.71. The van der Waals surface area contributed by atoms with Crippen LogP contribution in [0.3, 0.4) is 0 Å². The number of morpholine rings is 1. The van der Waals surface area contributed by atoms with Gasteiger partial charge in [0.05, 0.1) is 29.3 Å². The van der Waals surface area contributed by atoms with Gasteiger partial charge in [0.2, 0.25) is 0 Å². The first-order valence-corrected chi connectivity index (χ1v) is 11.4. The number of hydrogen-bond acceptors (Lipinski definition) is 5. The Morgan fingerprint density at radius 2 is 2.00 bits per heavy atom. The van der Waals surface area contributed by atoms with E-state index in [1.165, 1.54) is 43.8 Å². The van der Waals surface area contributed by atoms with Gasteiger partial charge < -0.3 is 19.5 Å². The molecule has 7 nitrogen and oxygen atoms in total. The van der Waals surface area contributed by atoms with Crippen LogP contribution in [0.15, 0.2) is 36.4 Å². The number of anilines is 1. The van der Waals surface area contributed by atoms with Crippen molar-refractivity contribution in [2.45, 2.75) is 31.9 Å². The van der Waals surface area contributed by atoms with E-state index in [0.717, 1.165) is 36.1 Å². The summed E-state index contributed by atoms with van der Waals surface area (Å²) in [5, 5.41) is 8.11. The number of fused-ring (bicyclic) bond motifs is 2. The molecule has 2 aromatic heterocycles. The minimum absolute atomic E-state index is 0.230. The van der Waals surface area contributed by atoms with Crippen LogP contribution >= 0.6 is 0 Å². The number of imidazole rings is 1. The predicted octanol–water partition coefficient (Wildman–Crippen LogP) is 3.93. The molecule has 0 amide bonds. The first kappa shape index (κ1) is 19.7. The number of nitrogens with one attached hydrogen (secondary N) is 2. The van der Waals surface area contributed by atoms with Crippen LogP contribution in [0.5, 0.6) is 0 Å². The van der Waals surface area contributed by atoms with Crippen molar-refractivity contribution in [3.05, 3.63) is 42.2 Å². The maximum atomic E-state index is 13.5. The van der Waals surface area contributed by atoms with Crippen LogP contribution in [0.25, 0.3) is 33.5 Å². The molecule has 0 bridgehead atoms. The van der Waals surface area contributed by atoms with E-state index in [1.54, 1.807) is 6.07 Å². The van der Waals surface area contributed by atoms with Crippen molar-refractivity contribution in [1.82, 2.24) is 25.1 Å². The summed E-state index contributed by atoms with van der Waals surface area (Å²) in [7, 11) is 0. The van der Waals surface area contributed by atoms with Gasteiger partial charge in [-0.2, -0.15) is 5.10 Å². The molecule has 2 unspecified atom stereocenters. The van der Waals surface area contributed by atoms with Crippen LogP contribution in [-0.2, 0) is 4.74 Å². The van der Waals surface area contributed by atoms with Gasteiger partial charge in [-0.25, -0.2) is 9.37 Å². The van der Waals surface area contributed by atoms with Crippen LogP contribution < -0.4 is 4.90 Å². The summed E-state index contributed by atoms with van der Waals surface area (Å²) in [6, 6.07) is 11.3. The Morgan fingerprint density at radius 3 is 2.88 bits per heavy atom. The van der Waals surface area contributed by atoms with Gasteiger partial charge in [0, 0.05) is 30.2 Å². The van der Waals surface area contributed by atoms with Crippen molar-refractivity contribution in [3.63, 3.8) is 0 Å². The maximum absolute atomic E-state index is 13.5. The zero-order valence-electron chi connectivity index (χ0n) is 18.1. The van der Waals surface area contributed by atoms with E-state index in [1.807, 2.05) is 0 Å². The summed E-state index contributed by atoms with van der Waals surface area (Å²) < 4.78 is 19.7. The zero-order chi connectivity index (χ0) is 21.7. The van der Waals surface area contributed by atoms with Crippen LogP contribution in [0.2, 0.25) is 0 Å². The van der Waals surface area contributed by atoms with Crippen LogP contribution in [0.1, 0.15) is 19.8 Å². The standard InChI is InChI=1S/C24H27FN6O/c1-15-14-32-18(12-30-8-2-3-9-30)13-31(15)17-5-7-20-22(11-17)27-24(26-20)23-19-6-4-16(25)10-21(19)28-29-23/h4-7,10-11,15,18H,2-3,8-9,12-14H2,1H3,(H,26,27)(H,28,29). The summed E-state index contributed by atoms with van der Waals surface area (Å²) in [6.45, 7) is 7.22. The average molecular weight is 435 g/mol. The van der Waals surface area contributed by atoms with Crippen LogP contribution in [0.4, 0.5) is 10.1 Å². The van der Waals surface area contributed by atoms with Gasteiger partial charge in [-0.1, -0.05) is 0 Å². The topological polar surface area (TPSA) is 73.1 Å². The fourth-order valence-electron chi connectivity index (χ4n) is 5.00. The monoisotopic (exact) mass is 434 g/mol. The second-order valence-electron chi connectivity index (χ2n) is 9.01. The van der Waals surface area contributed by atoms with Crippen molar-refractivity contribution in [2.75, 3.05) is 37.7 Å². The van der Waals surface area contributed by atoms with Gasteiger partial charge in [-0.05, 0) is 69.3 Å². The lowest BCUT2D eigenvalue weighted by Gasteiger charge is -2.40. The Hall–Kier alpha value is -2.97. The third kappa shape index (κ3) is 3.53. The number of benzene rings is 2. The molecule has 0 radical (unpaired) electrons. The molecular formula is C24H27FN6O. The highest BCUT2D eigenvalue weighted by atomic mass is 19.1. The third-order valence-electron chi connectivity index (χ3n) is 6.71. The number of aromatic amines is 2. The number of likely N-dealkylation sites (tertiary alicyclic amines) is 1. The van der Waals surface area contributed by atoms with Crippen molar-refractivity contribution in [3.8, 4) is 11.5 Å². The number of rotatable bonds is 4. The number of H-pyrrole nitrogens is 2. The number of ether oxygens (including phenoxy) is 1. The molecule has 6 rings (SSSR count). The largest absolute Gasteiger partial charge is 0.373 e. The fraction of sp³-hybridized carbons (Fsp3) is 0.417. The Kier molecular flexibility index (Phi) is 4.84. The van der Waals surface area contributed by atoms with Crippen LogP contribution in [0, 0.1) is 5.82 Å². The van der Waals surface area contributed by atoms with E-state index in [2.05, 4.69) is 50.1 Å². The van der Waals surface area contributed by atoms with Gasteiger partial charge in [0.15, 0.2) is 5.82 Å². The fourth-order valence-corrected chi connectivity index (χ4v) is 5.00. The number of halogens is 1. The highest BCUT2D eigenvalue weighted by molar-refractivity contribution is 5.93. The SMILES string of the molecule is CC1COC(CN2CCCC2)CN1c1ccc2nc(-c3n[nH]c4cc(F)ccc34)[nH]c2c1. The zero-order valence-corrected chi connectivity index (χ0v) is 18.1. The Labute approximate surface area is 185 Å². The number of nitrogens with zero attached hydrogens (tertiary/aromatic N) is 4. The summed E-state index contributed by atoms with van der Waals surface area (Å²) in [4.78, 5) is 13.1. The lowest BCUT2D eigenvalue weighted by atomic mass is 10.1. The van der Waals surface area contributed by atoms with E-state index in [4.69, 9.17) is 9.72 Å². The lowest BCUT2D eigenvalue weighted by Crippen LogP contribution is -2.51. The molecule has 2 fully saturated rings. The Morgan fingerprint density at radius 1 is 1.12 bits per heavy atom. The minimum Gasteiger partial charge on any atom is -0.373 e. The summed E-state index contributed by atoms with van der Waals surface area (Å²) in [5.74, 6) is 0.390. The smallest absolute Gasteiger partial charge is 0.159 e. The molecule has 4 heterocycles. The summed E-state index contributed by atoms with van der Waals surface area (Å²) in [5.41, 5.74) is 4.38. The van der Waals surface area contributed by atoms with Crippen molar-refractivity contribution in [1.29, 1.82) is 0 Å². The quantitative estimate of drug-likeness (QED) is 0.509. The molecule has 32 heavy (non-hydrogen) atoms. The molecule has 2 N–H and O–H groups in total. The molecule has 0 saturated carbocycles. The van der Waals surface area contributed by atoms with Crippen LogP contribution in [-0.4, -0.2) is 70.0 Å². The first-order valence-electron chi connectivity index (χ1n) is 11.4. The highest BCUT2D eigenvalue weighted by Gasteiger charge is 2.28. The lowest BCUT2D eigenvalue weighted by molar-refractivity contribution is 0.00482. The van der Waals surface area contributed by atoms with E-state index in [-0.39, 0.29) is 11.9 Å². The highest BCUT2D eigenvalue weighted by Crippen LogP contribution is 2.30. The summed E-state index contributed by atoms with van der Waals surface area (Å²) >= 11 is 0. The molecule has 2 aromatic carbocycles. The van der Waals surface area contributed by atoms with Crippen molar-refractivity contribution >= 4 is 27.6 Å². The minimum atomic E-state index is -0.287. The molecule has 166 valence electrons. The van der Waals surface area contributed by atoms with Crippen molar-refractivity contribution < 1.29 is 9.13 Å². The molecule has 4 aromatic rings. The average Bonchev–Trinajstić information content (AvgIpc) is 3.53. The number of aromatic nitrogens is 4. The molecule has 2 aliphatic heterocycles. The van der Waals surface area contributed by atoms with Gasteiger partial charge >= 0.3 is 0 Å². The van der Waals surface area contributed by atoms with Gasteiger partial charge in [0.1, 0.15) is 11.5 Å². The molecule has 2 saturated heterocycles. The Bertz CT molecular complexity index is 1260. The molecule has 2 atom stereocenters. The maximum Gasteiger partial charge on any atom is 0.159 e. The second-order valence-corrected chi connectivity index (χ2v) is 9.01. The number of hydrogen-bond donors (Lipinski definition) is 2. The molecule has 0 spiro atoms. The predicted molar refractivity (Wildman–Crippen MR) is 123 cm³/mol. The molecule has 2 aliphatic rings. The second kappa shape index (κ2) is 7.86. The molecular weight excluding hydrogens is 407 g/mol. The summed E-state index contributed by atoms with van der Waals surface area (Å²) in [6.07, 6.45) is 2.82. The van der Waals surface area contributed by atoms with E-state index in [9.17, 15) is 4.39 Å². The van der Waals surface area contributed by atoms with E-state index >= 15 is 0 Å².